The zero-order valence-corrected chi connectivity index (χ0v) is 12.3. The summed E-state index contributed by atoms with van der Waals surface area (Å²) in [6, 6.07) is 0. The van der Waals surface area contributed by atoms with Gasteiger partial charge in [0.15, 0.2) is 0 Å². The van der Waals surface area contributed by atoms with E-state index in [0.29, 0.717) is 11.3 Å². The Labute approximate surface area is 117 Å². The Morgan fingerprint density at radius 2 is 1.68 bits per heavy atom. The van der Waals surface area contributed by atoms with Crippen LogP contribution in [0.2, 0.25) is 0 Å². The van der Waals surface area contributed by atoms with Crippen LogP contribution in [0.1, 0.15) is 58.3 Å². The van der Waals surface area contributed by atoms with Crippen molar-refractivity contribution in [2.24, 2.45) is 10.8 Å². The van der Waals surface area contributed by atoms with Gasteiger partial charge in [0.25, 0.3) is 0 Å². The van der Waals surface area contributed by atoms with E-state index in [1.54, 1.807) is 0 Å². The summed E-state index contributed by atoms with van der Waals surface area (Å²) in [4.78, 5) is 14.8. The highest BCUT2D eigenvalue weighted by Gasteiger charge is 2.51. The molecule has 0 aromatic heterocycles. The number of hydrogen-bond acceptors (Lipinski definition) is 2. The van der Waals surface area contributed by atoms with Gasteiger partial charge in [0, 0.05) is 18.5 Å². The fraction of sp³-hybridized carbons (Fsp3) is 0.938. The van der Waals surface area contributed by atoms with E-state index in [2.05, 4.69) is 17.1 Å². The Kier molecular flexibility index (Phi) is 3.59. The van der Waals surface area contributed by atoms with Crippen molar-refractivity contribution in [1.82, 2.24) is 10.2 Å². The third-order valence-electron chi connectivity index (χ3n) is 5.81. The molecular formula is C16H28N2O. The van der Waals surface area contributed by atoms with Crippen molar-refractivity contribution in [2.75, 3.05) is 26.2 Å². The number of carbonyl (C=O) groups excluding carboxylic acids is 1. The van der Waals surface area contributed by atoms with E-state index in [9.17, 15) is 4.79 Å². The van der Waals surface area contributed by atoms with E-state index in [1.807, 2.05) is 0 Å². The standard InChI is InChI=1S/C16H28N2O/c1-2-3-16(4-5-16)14(19)18-12-8-15(9-13-18)6-10-17-11-7-15/h17H,2-13H2,1H3. The van der Waals surface area contributed by atoms with Gasteiger partial charge in [0.2, 0.25) is 5.91 Å². The average molecular weight is 264 g/mol. The number of carbonyl (C=O) groups is 1. The zero-order valence-electron chi connectivity index (χ0n) is 12.3. The SMILES string of the molecule is CCCC1(C(=O)N2CCC3(CCNCC3)CC2)CC1. The molecule has 2 saturated heterocycles. The van der Waals surface area contributed by atoms with Gasteiger partial charge >= 0.3 is 0 Å². The molecule has 1 N–H and O–H groups in total. The summed E-state index contributed by atoms with van der Waals surface area (Å²) in [5.74, 6) is 0.484. The lowest BCUT2D eigenvalue weighted by molar-refractivity contribution is -0.140. The Morgan fingerprint density at radius 1 is 1.05 bits per heavy atom. The van der Waals surface area contributed by atoms with Gasteiger partial charge in [-0.25, -0.2) is 0 Å². The fourth-order valence-electron chi connectivity index (χ4n) is 4.18. The molecule has 0 atom stereocenters. The monoisotopic (exact) mass is 264 g/mol. The van der Waals surface area contributed by atoms with Gasteiger partial charge in [0.05, 0.1) is 0 Å². The van der Waals surface area contributed by atoms with Crippen LogP contribution in [0.15, 0.2) is 0 Å². The van der Waals surface area contributed by atoms with Gasteiger partial charge in [-0.1, -0.05) is 13.3 Å². The molecule has 3 rings (SSSR count). The van der Waals surface area contributed by atoms with Crippen LogP contribution < -0.4 is 5.32 Å². The van der Waals surface area contributed by atoms with Crippen molar-refractivity contribution in [3.05, 3.63) is 0 Å². The van der Waals surface area contributed by atoms with Gasteiger partial charge in [-0.2, -0.15) is 0 Å². The second kappa shape index (κ2) is 5.08. The Balaban J connectivity index is 1.56. The topological polar surface area (TPSA) is 32.3 Å². The zero-order chi connectivity index (χ0) is 13.3. The predicted molar refractivity (Wildman–Crippen MR) is 76.9 cm³/mol. The maximum atomic E-state index is 12.7. The van der Waals surface area contributed by atoms with Crippen LogP contribution in [0.5, 0.6) is 0 Å². The number of nitrogens with one attached hydrogen (secondary N) is 1. The molecule has 0 bridgehead atoms. The molecular weight excluding hydrogens is 236 g/mol. The number of piperidine rings is 2. The smallest absolute Gasteiger partial charge is 0.228 e. The minimum absolute atomic E-state index is 0.0768. The summed E-state index contributed by atoms with van der Waals surface area (Å²) in [6.45, 7) is 6.59. The third kappa shape index (κ3) is 2.54. The Morgan fingerprint density at radius 3 is 2.21 bits per heavy atom. The molecule has 2 aliphatic heterocycles. The largest absolute Gasteiger partial charge is 0.342 e. The first kappa shape index (κ1) is 13.4. The average Bonchev–Trinajstić information content (AvgIpc) is 3.21. The van der Waals surface area contributed by atoms with Crippen molar-refractivity contribution in [1.29, 1.82) is 0 Å². The molecule has 3 nitrogen and oxygen atoms in total. The highest BCUT2D eigenvalue weighted by Crippen LogP contribution is 2.52. The summed E-state index contributed by atoms with van der Waals surface area (Å²) in [6.07, 6.45) is 9.65. The molecule has 108 valence electrons. The molecule has 1 spiro atoms. The summed E-state index contributed by atoms with van der Waals surface area (Å²) >= 11 is 0. The van der Waals surface area contributed by atoms with Crippen LogP contribution in [0.3, 0.4) is 0 Å². The molecule has 1 amide bonds. The van der Waals surface area contributed by atoms with Crippen molar-refractivity contribution >= 4 is 5.91 Å². The molecule has 1 aliphatic carbocycles. The van der Waals surface area contributed by atoms with Crippen molar-refractivity contribution < 1.29 is 4.79 Å². The molecule has 1 saturated carbocycles. The molecule has 0 aromatic carbocycles. The number of likely N-dealkylation sites (tertiary alicyclic amines) is 1. The van der Waals surface area contributed by atoms with Crippen LogP contribution in [0, 0.1) is 10.8 Å². The first-order valence-corrected chi connectivity index (χ1v) is 8.20. The molecule has 0 unspecified atom stereocenters. The highest BCUT2D eigenvalue weighted by molar-refractivity contribution is 5.85. The van der Waals surface area contributed by atoms with Gasteiger partial charge in [-0.3, -0.25) is 4.79 Å². The van der Waals surface area contributed by atoms with Crippen molar-refractivity contribution in [3.63, 3.8) is 0 Å². The minimum atomic E-state index is 0.0768. The second-order valence-electron chi connectivity index (χ2n) is 7.07. The maximum Gasteiger partial charge on any atom is 0.228 e. The van der Waals surface area contributed by atoms with Crippen LogP contribution in [-0.4, -0.2) is 37.0 Å². The lowest BCUT2D eigenvalue weighted by Crippen LogP contribution is -2.49. The first-order chi connectivity index (χ1) is 9.20. The number of hydrogen-bond donors (Lipinski definition) is 1. The number of rotatable bonds is 3. The highest BCUT2D eigenvalue weighted by atomic mass is 16.2. The number of amides is 1. The molecule has 3 aliphatic rings. The fourth-order valence-corrected chi connectivity index (χ4v) is 4.18. The third-order valence-corrected chi connectivity index (χ3v) is 5.81. The van der Waals surface area contributed by atoms with Crippen LogP contribution in [0.25, 0.3) is 0 Å². The summed E-state index contributed by atoms with van der Waals surface area (Å²) in [7, 11) is 0. The van der Waals surface area contributed by atoms with Crippen LogP contribution in [0.4, 0.5) is 0 Å². The molecule has 3 heteroatoms. The molecule has 0 radical (unpaired) electrons. The maximum absolute atomic E-state index is 12.7. The lowest BCUT2D eigenvalue weighted by atomic mass is 9.71. The van der Waals surface area contributed by atoms with Crippen molar-refractivity contribution in [2.45, 2.75) is 58.3 Å². The second-order valence-corrected chi connectivity index (χ2v) is 7.07. The van der Waals surface area contributed by atoms with E-state index in [4.69, 9.17) is 0 Å². The predicted octanol–water partition coefficient (Wildman–Crippen LogP) is 2.56. The van der Waals surface area contributed by atoms with E-state index in [-0.39, 0.29) is 5.41 Å². The summed E-state index contributed by atoms with van der Waals surface area (Å²) in [5, 5.41) is 3.46. The normalized spacial score (nSPS) is 28.4. The van der Waals surface area contributed by atoms with Gasteiger partial charge in [-0.15, -0.1) is 0 Å². The van der Waals surface area contributed by atoms with Crippen LogP contribution >= 0.6 is 0 Å². The van der Waals surface area contributed by atoms with E-state index >= 15 is 0 Å². The van der Waals surface area contributed by atoms with Crippen molar-refractivity contribution in [3.8, 4) is 0 Å². The molecule has 3 fully saturated rings. The molecule has 19 heavy (non-hydrogen) atoms. The molecule has 2 heterocycles. The summed E-state index contributed by atoms with van der Waals surface area (Å²) < 4.78 is 0. The van der Waals surface area contributed by atoms with E-state index < -0.39 is 0 Å². The summed E-state index contributed by atoms with van der Waals surface area (Å²) in [5.41, 5.74) is 0.636. The van der Waals surface area contributed by atoms with E-state index in [1.165, 1.54) is 38.8 Å². The number of nitrogens with zero attached hydrogens (tertiary/aromatic N) is 1. The Hall–Kier alpha value is -0.570. The van der Waals surface area contributed by atoms with Gasteiger partial charge in [-0.05, 0) is 63.5 Å². The minimum Gasteiger partial charge on any atom is -0.342 e. The van der Waals surface area contributed by atoms with Crippen LogP contribution in [-0.2, 0) is 4.79 Å². The lowest BCUT2D eigenvalue weighted by Gasteiger charge is -2.45. The molecule has 0 aromatic rings. The Bertz CT molecular complexity index is 333. The quantitative estimate of drug-likeness (QED) is 0.849. The first-order valence-electron chi connectivity index (χ1n) is 8.20. The van der Waals surface area contributed by atoms with Gasteiger partial charge < -0.3 is 10.2 Å². The van der Waals surface area contributed by atoms with Gasteiger partial charge in [0.1, 0.15) is 0 Å². The van der Waals surface area contributed by atoms with E-state index in [0.717, 1.165) is 38.8 Å².